The van der Waals surface area contributed by atoms with Crippen molar-refractivity contribution < 1.29 is 4.79 Å². The van der Waals surface area contributed by atoms with Crippen LogP contribution in [0.15, 0.2) is 12.3 Å². The van der Waals surface area contributed by atoms with Gasteiger partial charge in [0.05, 0.1) is 6.20 Å². The minimum Gasteiger partial charge on any atom is -0.309 e. The van der Waals surface area contributed by atoms with Gasteiger partial charge in [-0.15, -0.1) is 5.10 Å². The molecule has 1 rings (SSSR count). The molecular formula is C7H9N3O. The Kier molecular flexibility index (Phi) is 2.15. The van der Waals surface area contributed by atoms with Crippen LogP contribution in [-0.4, -0.2) is 16.1 Å². The lowest BCUT2D eigenvalue weighted by Gasteiger charge is -1.98. The number of carbonyl (C=O) groups excluding carboxylic acids is 1. The van der Waals surface area contributed by atoms with E-state index < -0.39 is 0 Å². The Hall–Kier alpha value is -1.45. The van der Waals surface area contributed by atoms with Gasteiger partial charge in [0.15, 0.2) is 5.82 Å². The summed E-state index contributed by atoms with van der Waals surface area (Å²) in [5.41, 5.74) is 0.976. The number of nitrogens with one attached hydrogen (secondary N) is 1. The molecule has 0 unspecified atom stereocenters. The summed E-state index contributed by atoms with van der Waals surface area (Å²) in [6.07, 6.45) is 1.63. The van der Waals surface area contributed by atoms with Gasteiger partial charge in [-0.3, -0.25) is 4.79 Å². The smallest absolute Gasteiger partial charge is 0.222 e. The minimum absolute atomic E-state index is 0.134. The van der Waals surface area contributed by atoms with E-state index in [1.165, 1.54) is 6.92 Å². The fourth-order valence-electron chi connectivity index (χ4n) is 0.705. The van der Waals surface area contributed by atoms with Gasteiger partial charge in [0.25, 0.3) is 0 Å². The van der Waals surface area contributed by atoms with E-state index in [2.05, 4.69) is 15.5 Å². The Bertz CT molecular complexity index is 272. The van der Waals surface area contributed by atoms with E-state index in [1.54, 1.807) is 12.3 Å². The van der Waals surface area contributed by atoms with Crippen LogP contribution in [0.1, 0.15) is 12.5 Å². The van der Waals surface area contributed by atoms with E-state index in [9.17, 15) is 4.79 Å². The van der Waals surface area contributed by atoms with Crippen LogP contribution >= 0.6 is 0 Å². The van der Waals surface area contributed by atoms with Crippen molar-refractivity contribution in [2.75, 3.05) is 5.32 Å². The second kappa shape index (κ2) is 3.09. The largest absolute Gasteiger partial charge is 0.309 e. The summed E-state index contributed by atoms with van der Waals surface area (Å²) in [7, 11) is 0. The molecule has 1 N–H and O–H groups in total. The van der Waals surface area contributed by atoms with Crippen LogP contribution in [0.2, 0.25) is 0 Å². The summed E-state index contributed by atoms with van der Waals surface area (Å²) in [4.78, 5) is 10.5. The number of hydrogen-bond donors (Lipinski definition) is 1. The third-order valence-corrected chi connectivity index (χ3v) is 1.10. The number of anilines is 1. The van der Waals surface area contributed by atoms with Crippen LogP contribution in [0, 0.1) is 6.92 Å². The standard InChI is InChI=1S/C7H9N3O/c1-5-3-7(9-6(2)11)10-8-4-5/h3-4H,1-2H3,(H,9,10,11). The maximum atomic E-state index is 10.5. The molecule has 4 nitrogen and oxygen atoms in total. The molecule has 0 saturated carbocycles. The van der Waals surface area contributed by atoms with Gasteiger partial charge in [0, 0.05) is 6.92 Å². The maximum Gasteiger partial charge on any atom is 0.222 e. The van der Waals surface area contributed by atoms with Crippen molar-refractivity contribution in [3.8, 4) is 0 Å². The molecule has 0 spiro atoms. The Labute approximate surface area is 64.6 Å². The van der Waals surface area contributed by atoms with E-state index in [0.29, 0.717) is 5.82 Å². The fraction of sp³-hybridized carbons (Fsp3) is 0.286. The Morgan fingerprint density at radius 2 is 2.36 bits per heavy atom. The second-order valence-electron chi connectivity index (χ2n) is 2.30. The zero-order chi connectivity index (χ0) is 8.27. The number of nitrogens with zero attached hydrogens (tertiary/aromatic N) is 2. The third-order valence-electron chi connectivity index (χ3n) is 1.10. The lowest BCUT2D eigenvalue weighted by molar-refractivity contribution is -0.114. The fourth-order valence-corrected chi connectivity index (χ4v) is 0.705. The number of hydrogen-bond acceptors (Lipinski definition) is 3. The molecule has 1 aromatic rings. The van der Waals surface area contributed by atoms with Gasteiger partial charge in [-0.25, -0.2) is 0 Å². The third kappa shape index (κ3) is 2.33. The number of amides is 1. The van der Waals surface area contributed by atoms with Crippen molar-refractivity contribution in [2.24, 2.45) is 0 Å². The predicted octanol–water partition coefficient (Wildman–Crippen LogP) is 0.743. The molecule has 4 heteroatoms. The molecule has 0 aromatic carbocycles. The first-order valence-corrected chi connectivity index (χ1v) is 3.25. The number of rotatable bonds is 1. The summed E-state index contributed by atoms with van der Waals surface area (Å²) >= 11 is 0. The highest BCUT2D eigenvalue weighted by molar-refractivity contribution is 5.87. The number of carbonyl (C=O) groups is 1. The van der Waals surface area contributed by atoms with Crippen molar-refractivity contribution in [2.45, 2.75) is 13.8 Å². The number of aryl methyl sites for hydroxylation is 1. The average Bonchev–Trinajstić information content (AvgIpc) is 1.85. The van der Waals surface area contributed by atoms with Gasteiger partial charge in [-0.2, -0.15) is 5.10 Å². The van der Waals surface area contributed by atoms with E-state index in [0.717, 1.165) is 5.56 Å². The monoisotopic (exact) mass is 151 g/mol. The molecule has 58 valence electrons. The SMILES string of the molecule is CC(=O)Nc1cc(C)cnn1. The molecular weight excluding hydrogens is 142 g/mol. The van der Waals surface area contributed by atoms with E-state index in [-0.39, 0.29) is 5.91 Å². The van der Waals surface area contributed by atoms with Crippen molar-refractivity contribution in [3.05, 3.63) is 17.8 Å². The highest BCUT2D eigenvalue weighted by atomic mass is 16.1. The van der Waals surface area contributed by atoms with E-state index in [4.69, 9.17) is 0 Å². The molecule has 1 amide bonds. The summed E-state index contributed by atoms with van der Waals surface area (Å²) in [5, 5.41) is 9.90. The quantitative estimate of drug-likeness (QED) is 0.644. The highest BCUT2D eigenvalue weighted by Gasteiger charge is 1.95. The highest BCUT2D eigenvalue weighted by Crippen LogP contribution is 2.01. The second-order valence-corrected chi connectivity index (χ2v) is 2.30. The first-order valence-electron chi connectivity index (χ1n) is 3.25. The first-order chi connectivity index (χ1) is 5.18. The Balaban J connectivity index is 2.79. The molecule has 0 aliphatic rings. The van der Waals surface area contributed by atoms with Crippen molar-refractivity contribution >= 4 is 11.7 Å². The normalized spacial score (nSPS) is 9.27. The maximum absolute atomic E-state index is 10.5. The Morgan fingerprint density at radius 1 is 1.64 bits per heavy atom. The van der Waals surface area contributed by atoms with E-state index >= 15 is 0 Å². The van der Waals surface area contributed by atoms with Crippen LogP contribution in [-0.2, 0) is 4.79 Å². The summed E-state index contributed by atoms with van der Waals surface area (Å²) in [6, 6.07) is 1.76. The molecule has 0 atom stereocenters. The van der Waals surface area contributed by atoms with Gasteiger partial charge < -0.3 is 5.32 Å². The summed E-state index contributed by atoms with van der Waals surface area (Å²) in [6.45, 7) is 3.32. The number of aromatic nitrogens is 2. The van der Waals surface area contributed by atoms with E-state index in [1.807, 2.05) is 6.92 Å². The van der Waals surface area contributed by atoms with Crippen molar-refractivity contribution in [1.82, 2.24) is 10.2 Å². The molecule has 0 aliphatic carbocycles. The lowest BCUT2D eigenvalue weighted by Crippen LogP contribution is -2.07. The van der Waals surface area contributed by atoms with Crippen LogP contribution in [0.5, 0.6) is 0 Å². The average molecular weight is 151 g/mol. The molecule has 11 heavy (non-hydrogen) atoms. The summed E-state index contributed by atoms with van der Waals surface area (Å²) in [5.74, 6) is 0.363. The predicted molar refractivity (Wildman–Crippen MR) is 41.1 cm³/mol. The molecule has 0 aliphatic heterocycles. The van der Waals surface area contributed by atoms with Gasteiger partial charge >= 0.3 is 0 Å². The zero-order valence-electron chi connectivity index (χ0n) is 6.46. The van der Waals surface area contributed by atoms with Crippen molar-refractivity contribution in [1.29, 1.82) is 0 Å². The molecule has 0 radical (unpaired) electrons. The van der Waals surface area contributed by atoms with Crippen LogP contribution in [0.4, 0.5) is 5.82 Å². The van der Waals surface area contributed by atoms with Gasteiger partial charge in [0.2, 0.25) is 5.91 Å². The zero-order valence-corrected chi connectivity index (χ0v) is 6.46. The van der Waals surface area contributed by atoms with Crippen LogP contribution in [0.3, 0.4) is 0 Å². The van der Waals surface area contributed by atoms with Gasteiger partial charge in [0.1, 0.15) is 0 Å². The topological polar surface area (TPSA) is 54.9 Å². The molecule has 0 fully saturated rings. The van der Waals surface area contributed by atoms with Crippen LogP contribution in [0.25, 0.3) is 0 Å². The first kappa shape index (κ1) is 7.65. The molecule has 0 bridgehead atoms. The Morgan fingerprint density at radius 3 is 2.91 bits per heavy atom. The molecule has 0 saturated heterocycles. The molecule has 1 heterocycles. The lowest BCUT2D eigenvalue weighted by atomic mass is 10.3. The summed E-state index contributed by atoms with van der Waals surface area (Å²) < 4.78 is 0. The van der Waals surface area contributed by atoms with Crippen LogP contribution < -0.4 is 5.32 Å². The van der Waals surface area contributed by atoms with Gasteiger partial charge in [-0.1, -0.05) is 0 Å². The molecule has 1 aromatic heterocycles. The van der Waals surface area contributed by atoms with Crippen molar-refractivity contribution in [3.63, 3.8) is 0 Å². The minimum atomic E-state index is -0.134. The van der Waals surface area contributed by atoms with Gasteiger partial charge in [-0.05, 0) is 18.6 Å².